The van der Waals surface area contributed by atoms with Crippen molar-refractivity contribution in [2.24, 2.45) is 0 Å². The molecule has 1 heterocycles. The molecule has 1 aliphatic heterocycles. The van der Waals surface area contributed by atoms with Crippen molar-refractivity contribution in [3.63, 3.8) is 0 Å². The van der Waals surface area contributed by atoms with Crippen LogP contribution < -0.4 is 10.6 Å². The summed E-state index contributed by atoms with van der Waals surface area (Å²) in [5, 5.41) is 0. The number of benzene rings is 1. The first-order valence-corrected chi connectivity index (χ1v) is 5.23. The van der Waals surface area contributed by atoms with Crippen molar-refractivity contribution in [2.45, 2.75) is 33.2 Å². The molecular weight excluding hydrogens is 172 g/mol. The van der Waals surface area contributed by atoms with Gasteiger partial charge in [0.25, 0.3) is 0 Å². The van der Waals surface area contributed by atoms with Gasteiger partial charge in [0, 0.05) is 12.6 Å². The lowest BCUT2D eigenvalue weighted by Crippen LogP contribution is -2.46. The van der Waals surface area contributed by atoms with E-state index in [1.807, 2.05) is 0 Å². The van der Waals surface area contributed by atoms with Crippen LogP contribution in [0.5, 0.6) is 0 Å². The lowest BCUT2D eigenvalue weighted by Gasteiger charge is -2.41. The molecule has 0 bridgehead atoms. The number of nitrogen functional groups attached to an aromatic ring is 1. The van der Waals surface area contributed by atoms with E-state index in [0.29, 0.717) is 6.04 Å². The van der Waals surface area contributed by atoms with Gasteiger partial charge >= 0.3 is 0 Å². The van der Waals surface area contributed by atoms with Crippen molar-refractivity contribution in [3.8, 4) is 0 Å². The van der Waals surface area contributed by atoms with Gasteiger partial charge in [-0.15, -0.1) is 0 Å². The molecule has 0 amide bonds. The van der Waals surface area contributed by atoms with E-state index in [4.69, 9.17) is 5.73 Å². The molecule has 76 valence electrons. The molecule has 0 radical (unpaired) electrons. The number of rotatable bonds is 1. The van der Waals surface area contributed by atoms with E-state index in [0.717, 1.165) is 12.2 Å². The molecule has 0 aromatic heterocycles. The van der Waals surface area contributed by atoms with E-state index in [9.17, 15) is 0 Å². The molecule has 2 rings (SSSR count). The molecule has 2 heteroatoms. The smallest absolute Gasteiger partial charge is 0.0605 e. The predicted molar refractivity (Wildman–Crippen MR) is 61.8 cm³/mol. The summed E-state index contributed by atoms with van der Waals surface area (Å²) < 4.78 is 0. The van der Waals surface area contributed by atoms with Crippen molar-refractivity contribution in [1.82, 2.24) is 0 Å². The molecule has 2 N–H and O–H groups in total. The highest BCUT2D eigenvalue weighted by Crippen LogP contribution is 2.33. The SMILES string of the molecule is Cc1cc(N)c(N2CCC2C)cc1C. The number of nitrogens with two attached hydrogens (primary N) is 1. The Labute approximate surface area is 85.7 Å². The van der Waals surface area contributed by atoms with Crippen molar-refractivity contribution in [1.29, 1.82) is 0 Å². The summed E-state index contributed by atoms with van der Waals surface area (Å²) in [4.78, 5) is 2.38. The Morgan fingerprint density at radius 2 is 1.93 bits per heavy atom. The summed E-state index contributed by atoms with van der Waals surface area (Å²) in [5.41, 5.74) is 10.8. The maximum absolute atomic E-state index is 6.02. The third kappa shape index (κ3) is 1.35. The third-order valence-corrected chi connectivity index (χ3v) is 3.27. The predicted octanol–water partition coefficient (Wildman–Crippen LogP) is 2.48. The quantitative estimate of drug-likeness (QED) is 0.689. The average Bonchev–Trinajstić information content (AvgIpc) is 2.12. The van der Waals surface area contributed by atoms with Gasteiger partial charge in [-0.2, -0.15) is 0 Å². The van der Waals surface area contributed by atoms with E-state index in [2.05, 4.69) is 37.8 Å². The molecule has 1 atom stereocenters. The highest BCUT2D eigenvalue weighted by atomic mass is 15.2. The molecular formula is C12H18N2. The first-order chi connectivity index (χ1) is 6.59. The van der Waals surface area contributed by atoms with Gasteiger partial charge in [-0.05, 0) is 50.5 Å². The second kappa shape index (κ2) is 3.19. The van der Waals surface area contributed by atoms with Crippen LogP contribution >= 0.6 is 0 Å². The average molecular weight is 190 g/mol. The number of hydrogen-bond donors (Lipinski definition) is 1. The Bertz CT molecular complexity index is 358. The van der Waals surface area contributed by atoms with Gasteiger partial charge in [0.2, 0.25) is 0 Å². The second-order valence-corrected chi connectivity index (χ2v) is 4.33. The van der Waals surface area contributed by atoms with E-state index in [1.54, 1.807) is 0 Å². The van der Waals surface area contributed by atoms with Gasteiger partial charge in [-0.3, -0.25) is 0 Å². The minimum absolute atomic E-state index is 0.652. The van der Waals surface area contributed by atoms with E-state index in [1.165, 1.54) is 23.2 Å². The van der Waals surface area contributed by atoms with Crippen LogP contribution in [0.25, 0.3) is 0 Å². The van der Waals surface area contributed by atoms with Crippen LogP contribution in [0.2, 0.25) is 0 Å². The third-order valence-electron chi connectivity index (χ3n) is 3.27. The lowest BCUT2D eigenvalue weighted by atomic mass is 10.0. The normalized spacial score (nSPS) is 20.8. The fourth-order valence-electron chi connectivity index (χ4n) is 1.95. The molecule has 2 nitrogen and oxygen atoms in total. The molecule has 1 aliphatic rings. The van der Waals surface area contributed by atoms with Crippen molar-refractivity contribution in [2.75, 3.05) is 17.2 Å². The monoisotopic (exact) mass is 190 g/mol. The van der Waals surface area contributed by atoms with E-state index in [-0.39, 0.29) is 0 Å². The van der Waals surface area contributed by atoms with E-state index < -0.39 is 0 Å². The molecule has 1 aromatic rings. The highest BCUT2D eigenvalue weighted by molar-refractivity contribution is 5.71. The fourth-order valence-corrected chi connectivity index (χ4v) is 1.95. The van der Waals surface area contributed by atoms with Crippen molar-refractivity contribution < 1.29 is 0 Å². The molecule has 0 saturated carbocycles. The topological polar surface area (TPSA) is 29.3 Å². The number of aryl methyl sites for hydroxylation is 2. The first kappa shape index (κ1) is 9.38. The summed E-state index contributed by atoms with van der Waals surface area (Å²) in [7, 11) is 0. The maximum Gasteiger partial charge on any atom is 0.0605 e. The van der Waals surface area contributed by atoms with Crippen LogP contribution in [-0.4, -0.2) is 12.6 Å². The fraction of sp³-hybridized carbons (Fsp3) is 0.500. The Morgan fingerprint density at radius 3 is 2.43 bits per heavy atom. The molecule has 1 saturated heterocycles. The van der Waals surface area contributed by atoms with Crippen LogP contribution in [0, 0.1) is 13.8 Å². The summed E-state index contributed by atoms with van der Waals surface area (Å²) in [6, 6.07) is 4.94. The Hall–Kier alpha value is -1.18. The summed E-state index contributed by atoms with van der Waals surface area (Å²) >= 11 is 0. The van der Waals surface area contributed by atoms with Gasteiger partial charge in [0.1, 0.15) is 0 Å². The van der Waals surface area contributed by atoms with Crippen molar-refractivity contribution >= 4 is 11.4 Å². The summed E-state index contributed by atoms with van der Waals surface area (Å²) in [6.45, 7) is 7.64. The molecule has 0 spiro atoms. The van der Waals surface area contributed by atoms with Gasteiger partial charge in [0.05, 0.1) is 11.4 Å². The summed E-state index contributed by atoms with van der Waals surface area (Å²) in [5.74, 6) is 0. The Balaban J connectivity index is 2.38. The second-order valence-electron chi connectivity index (χ2n) is 4.33. The molecule has 0 aliphatic carbocycles. The zero-order valence-electron chi connectivity index (χ0n) is 9.17. The Morgan fingerprint density at radius 1 is 1.29 bits per heavy atom. The molecule has 1 fully saturated rings. The minimum Gasteiger partial charge on any atom is -0.397 e. The van der Waals surface area contributed by atoms with Crippen LogP contribution in [0.4, 0.5) is 11.4 Å². The number of hydrogen-bond acceptors (Lipinski definition) is 2. The molecule has 14 heavy (non-hydrogen) atoms. The van der Waals surface area contributed by atoms with Crippen LogP contribution in [0.3, 0.4) is 0 Å². The lowest BCUT2D eigenvalue weighted by molar-refractivity contribution is 0.482. The van der Waals surface area contributed by atoms with Crippen LogP contribution in [0.1, 0.15) is 24.5 Å². The van der Waals surface area contributed by atoms with Crippen LogP contribution in [-0.2, 0) is 0 Å². The zero-order chi connectivity index (χ0) is 10.3. The largest absolute Gasteiger partial charge is 0.397 e. The Kier molecular flexibility index (Phi) is 2.14. The number of nitrogens with zero attached hydrogens (tertiary/aromatic N) is 1. The van der Waals surface area contributed by atoms with Crippen molar-refractivity contribution in [3.05, 3.63) is 23.3 Å². The minimum atomic E-state index is 0.652. The van der Waals surface area contributed by atoms with Gasteiger partial charge in [-0.25, -0.2) is 0 Å². The van der Waals surface area contributed by atoms with E-state index >= 15 is 0 Å². The summed E-state index contributed by atoms with van der Waals surface area (Å²) in [6.07, 6.45) is 1.28. The zero-order valence-corrected chi connectivity index (χ0v) is 9.17. The van der Waals surface area contributed by atoms with Crippen LogP contribution in [0.15, 0.2) is 12.1 Å². The highest BCUT2D eigenvalue weighted by Gasteiger charge is 2.25. The number of anilines is 2. The standard InChI is InChI=1S/C12H18N2/c1-8-6-11(13)12(7-9(8)2)14-5-4-10(14)3/h6-7,10H,4-5,13H2,1-3H3. The van der Waals surface area contributed by atoms with Gasteiger partial charge < -0.3 is 10.6 Å². The first-order valence-electron chi connectivity index (χ1n) is 5.23. The molecule has 1 unspecified atom stereocenters. The van der Waals surface area contributed by atoms with Gasteiger partial charge in [0.15, 0.2) is 0 Å². The maximum atomic E-state index is 6.02. The van der Waals surface area contributed by atoms with Gasteiger partial charge in [-0.1, -0.05) is 0 Å². The molecule has 1 aromatic carbocycles.